The number of hydrogen-bond acceptors (Lipinski definition) is 6. The summed E-state index contributed by atoms with van der Waals surface area (Å²) in [4.78, 5) is 38.0. The van der Waals surface area contributed by atoms with E-state index in [4.69, 9.17) is 14.2 Å². The number of hydrogen-bond donors (Lipinski definition) is 0. The highest BCUT2D eigenvalue weighted by Gasteiger charge is 2.19. The normalized spacial score (nSPS) is 12.6. The minimum absolute atomic E-state index is 0.0976. The zero-order valence-electron chi connectivity index (χ0n) is 43.4. The maximum absolute atomic E-state index is 12.8. The third-order valence-electron chi connectivity index (χ3n) is 12.0. The average molecular weight is 921 g/mol. The second-order valence-corrected chi connectivity index (χ2v) is 18.5. The van der Waals surface area contributed by atoms with Gasteiger partial charge in [-0.15, -0.1) is 0 Å². The Morgan fingerprint density at radius 1 is 0.318 bits per heavy atom. The molecule has 0 aromatic carbocycles. The van der Waals surface area contributed by atoms with E-state index in [0.717, 1.165) is 70.6 Å². The van der Waals surface area contributed by atoms with Crippen LogP contribution >= 0.6 is 0 Å². The first-order valence-corrected chi connectivity index (χ1v) is 27.9. The summed E-state index contributed by atoms with van der Waals surface area (Å²) in [5.41, 5.74) is 0. The number of carbonyl (C=O) groups excluding carboxylic acids is 3. The van der Waals surface area contributed by atoms with E-state index in [1.54, 1.807) is 0 Å². The number of unbranched alkanes of at least 4 members (excludes halogenated alkanes) is 27. The fraction of sp³-hybridized carbons (Fsp3) is 0.750. The van der Waals surface area contributed by atoms with E-state index in [2.05, 4.69) is 87.6 Å². The summed E-state index contributed by atoms with van der Waals surface area (Å²) in [6.45, 7) is 6.45. The maximum atomic E-state index is 12.8. The van der Waals surface area contributed by atoms with E-state index < -0.39 is 6.10 Å². The smallest absolute Gasteiger partial charge is 0.306 e. The molecular formula is C60H104O6. The molecule has 0 radical (unpaired) electrons. The molecule has 0 aliphatic carbocycles. The summed E-state index contributed by atoms with van der Waals surface area (Å²) in [6, 6.07) is 0. The van der Waals surface area contributed by atoms with Crippen molar-refractivity contribution < 1.29 is 28.6 Å². The van der Waals surface area contributed by atoms with Crippen molar-refractivity contribution in [3.05, 3.63) is 72.9 Å². The molecule has 0 aromatic rings. The van der Waals surface area contributed by atoms with Crippen molar-refractivity contribution in [3.63, 3.8) is 0 Å². The van der Waals surface area contributed by atoms with Gasteiger partial charge in [-0.3, -0.25) is 14.4 Å². The van der Waals surface area contributed by atoms with Crippen LogP contribution in [-0.4, -0.2) is 37.2 Å². The van der Waals surface area contributed by atoms with E-state index in [-0.39, 0.29) is 37.5 Å². The fourth-order valence-corrected chi connectivity index (χ4v) is 7.78. The van der Waals surface area contributed by atoms with Crippen LogP contribution in [0.25, 0.3) is 0 Å². The Bertz CT molecular complexity index is 1240. The van der Waals surface area contributed by atoms with Crippen LogP contribution in [0.4, 0.5) is 0 Å². The molecule has 0 aromatic heterocycles. The van der Waals surface area contributed by atoms with Crippen molar-refractivity contribution in [2.75, 3.05) is 13.2 Å². The highest BCUT2D eigenvalue weighted by Crippen LogP contribution is 2.16. The van der Waals surface area contributed by atoms with Crippen molar-refractivity contribution in [1.29, 1.82) is 0 Å². The summed E-state index contributed by atoms with van der Waals surface area (Å²) < 4.78 is 16.8. The maximum Gasteiger partial charge on any atom is 0.306 e. The highest BCUT2D eigenvalue weighted by atomic mass is 16.6. The van der Waals surface area contributed by atoms with Crippen molar-refractivity contribution >= 4 is 17.9 Å². The first-order valence-electron chi connectivity index (χ1n) is 27.9. The minimum atomic E-state index is -0.804. The molecule has 0 fully saturated rings. The molecule has 0 spiro atoms. The molecule has 66 heavy (non-hydrogen) atoms. The van der Waals surface area contributed by atoms with Gasteiger partial charge in [0, 0.05) is 19.3 Å². The number of esters is 3. The molecular weight excluding hydrogens is 817 g/mol. The van der Waals surface area contributed by atoms with Gasteiger partial charge in [-0.1, -0.05) is 248 Å². The monoisotopic (exact) mass is 921 g/mol. The number of rotatable bonds is 50. The molecule has 0 rings (SSSR count). The Kier molecular flexibility index (Phi) is 51.9. The van der Waals surface area contributed by atoms with Crippen molar-refractivity contribution in [2.24, 2.45) is 0 Å². The first kappa shape index (κ1) is 62.8. The minimum Gasteiger partial charge on any atom is -0.462 e. The molecule has 380 valence electrons. The summed E-state index contributed by atoms with van der Waals surface area (Å²) in [7, 11) is 0. The lowest BCUT2D eigenvalue weighted by Crippen LogP contribution is -2.30. The van der Waals surface area contributed by atoms with Crippen LogP contribution in [0.2, 0.25) is 0 Å². The van der Waals surface area contributed by atoms with E-state index in [9.17, 15) is 14.4 Å². The molecule has 0 aliphatic rings. The van der Waals surface area contributed by atoms with Crippen molar-refractivity contribution in [2.45, 2.75) is 277 Å². The van der Waals surface area contributed by atoms with Crippen LogP contribution in [0.1, 0.15) is 271 Å². The van der Waals surface area contributed by atoms with Crippen LogP contribution < -0.4 is 0 Å². The molecule has 6 nitrogen and oxygen atoms in total. The zero-order valence-corrected chi connectivity index (χ0v) is 43.4. The molecule has 0 amide bonds. The molecule has 0 heterocycles. The van der Waals surface area contributed by atoms with E-state index in [0.29, 0.717) is 19.3 Å². The second-order valence-electron chi connectivity index (χ2n) is 18.5. The highest BCUT2D eigenvalue weighted by molar-refractivity contribution is 5.71. The van der Waals surface area contributed by atoms with E-state index in [1.165, 1.54) is 154 Å². The molecule has 0 bridgehead atoms. The second kappa shape index (κ2) is 54.5. The zero-order chi connectivity index (χ0) is 47.9. The van der Waals surface area contributed by atoms with Gasteiger partial charge < -0.3 is 14.2 Å². The van der Waals surface area contributed by atoms with Gasteiger partial charge in [0.25, 0.3) is 0 Å². The molecule has 0 aliphatic heterocycles. The molecule has 6 heteroatoms. The predicted molar refractivity (Wildman–Crippen MR) is 284 cm³/mol. The van der Waals surface area contributed by atoms with Crippen molar-refractivity contribution in [3.8, 4) is 0 Å². The van der Waals surface area contributed by atoms with Crippen LogP contribution in [0.5, 0.6) is 0 Å². The van der Waals surface area contributed by atoms with Crippen LogP contribution in [0.3, 0.4) is 0 Å². The van der Waals surface area contributed by atoms with E-state index >= 15 is 0 Å². The standard InChI is InChI=1S/C60H104O6/c1-4-7-10-13-16-19-22-25-27-29-30-31-33-35-38-41-44-47-50-53-59(62)65-56-57(55-64-58(61)52-49-46-43-40-37-34-24-21-18-15-12-9-6-3)66-60(63)54-51-48-45-42-39-36-32-28-26-23-20-17-14-11-8-5-2/h9,12,16,18-19,21,25,27,34,37,43,46,57H,4-8,10-11,13-15,17,20,22-24,26,28-33,35-36,38-42,44-45,47-56H2,1-3H3/b12-9-,19-16-,21-18-,27-25-,37-34-,46-43-. The van der Waals surface area contributed by atoms with Gasteiger partial charge >= 0.3 is 17.9 Å². The van der Waals surface area contributed by atoms with Gasteiger partial charge in [-0.2, -0.15) is 0 Å². The van der Waals surface area contributed by atoms with Gasteiger partial charge in [0.2, 0.25) is 0 Å². The Morgan fingerprint density at radius 2 is 0.621 bits per heavy atom. The Balaban J connectivity index is 4.41. The van der Waals surface area contributed by atoms with Gasteiger partial charge in [0.1, 0.15) is 13.2 Å². The predicted octanol–water partition coefficient (Wildman–Crippen LogP) is 18.6. The lowest BCUT2D eigenvalue weighted by Gasteiger charge is -2.18. The van der Waals surface area contributed by atoms with Crippen LogP contribution in [-0.2, 0) is 28.6 Å². The third kappa shape index (κ3) is 51.8. The summed E-state index contributed by atoms with van der Waals surface area (Å²) in [5.74, 6) is -0.978. The van der Waals surface area contributed by atoms with Crippen molar-refractivity contribution in [1.82, 2.24) is 0 Å². The van der Waals surface area contributed by atoms with Crippen LogP contribution in [0, 0.1) is 0 Å². The van der Waals surface area contributed by atoms with Gasteiger partial charge in [-0.05, 0) is 77.0 Å². The Morgan fingerprint density at radius 3 is 1.05 bits per heavy atom. The van der Waals surface area contributed by atoms with Gasteiger partial charge in [0.05, 0.1) is 0 Å². The van der Waals surface area contributed by atoms with Crippen LogP contribution in [0.15, 0.2) is 72.9 Å². The molecule has 1 unspecified atom stereocenters. The molecule has 0 saturated heterocycles. The third-order valence-corrected chi connectivity index (χ3v) is 12.0. The topological polar surface area (TPSA) is 78.9 Å². The number of allylic oxidation sites excluding steroid dienone is 12. The fourth-order valence-electron chi connectivity index (χ4n) is 7.78. The molecule has 0 N–H and O–H groups in total. The lowest BCUT2D eigenvalue weighted by atomic mass is 10.0. The quantitative estimate of drug-likeness (QED) is 0.0262. The first-order chi connectivity index (χ1) is 32.5. The lowest BCUT2D eigenvalue weighted by molar-refractivity contribution is -0.166. The number of ether oxygens (including phenoxy) is 3. The molecule has 0 saturated carbocycles. The van der Waals surface area contributed by atoms with E-state index in [1.807, 2.05) is 6.08 Å². The van der Waals surface area contributed by atoms with Gasteiger partial charge in [-0.25, -0.2) is 0 Å². The summed E-state index contributed by atoms with van der Waals surface area (Å²) in [6.07, 6.45) is 69.0. The SMILES string of the molecule is CC/C=C\C/C=C\C/C=C\C/C=C\CCC(=O)OCC(COC(=O)CCCCCCCCCCC/C=C\C/C=C\CCCCC)OC(=O)CCCCCCCCCCCCCCCCCC. The average Bonchev–Trinajstić information content (AvgIpc) is 3.31. The largest absolute Gasteiger partial charge is 0.462 e. The summed E-state index contributed by atoms with van der Waals surface area (Å²) >= 11 is 0. The number of carbonyl (C=O) groups is 3. The van der Waals surface area contributed by atoms with Gasteiger partial charge in [0.15, 0.2) is 6.10 Å². The Hall–Kier alpha value is -3.15. The Labute approximate surface area is 408 Å². The molecule has 1 atom stereocenters. The summed E-state index contributed by atoms with van der Waals surface area (Å²) in [5, 5.41) is 0.